The van der Waals surface area contributed by atoms with E-state index in [1.54, 1.807) is 5.38 Å². The van der Waals surface area contributed by atoms with Gasteiger partial charge in [0.2, 0.25) is 0 Å². The third kappa shape index (κ3) is 3.79. The number of carbonyl (C=O) groups excluding carboxylic acids is 1. The number of alkyl halides is 3. The highest BCUT2D eigenvalue weighted by molar-refractivity contribution is 9.11. The number of thiophene rings is 1. The number of carbonyl (C=O) groups is 1. The van der Waals surface area contributed by atoms with Gasteiger partial charge in [0.15, 0.2) is 5.78 Å². The van der Waals surface area contributed by atoms with E-state index < -0.39 is 24.8 Å². The summed E-state index contributed by atoms with van der Waals surface area (Å²) in [5, 5.41) is 1.54. The Labute approximate surface area is 91.1 Å². The lowest BCUT2D eigenvalue weighted by Crippen LogP contribution is -2.10. The van der Waals surface area contributed by atoms with E-state index >= 15 is 0 Å². The fraction of sp³-hybridized carbons (Fsp3) is 0.375. The Hall–Kier alpha value is -0.360. The topological polar surface area (TPSA) is 17.1 Å². The molecule has 0 aliphatic carbocycles. The van der Waals surface area contributed by atoms with Gasteiger partial charge < -0.3 is 0 Å². The lowest BCUT2D eigenvalue weighted by Gasteiger charge is -2.03. The van der Waals surface area contributed by atoms with Crippen molar-refractivity contribution in [1.29, 1.82) is 0 Å². The Morgan fingerprint density at radius 2 is 2.14 bits per heavy atom. The molecule has 0 aliphatic heterocycles. The number of Topliss-reactive ketones (excluding diaryl/α,β-unsaturated/α-hetero) is 1. The van der Waals surface area contributed by atoms with Crippen LogP contribution in [0.25, 0.3) is 0 Å². The lowest BCUT2D eigenvalue weighted by molar-refractivity contribution is -0.133. The van der Waals surface area contributed by atoms with Crippen LogP contribution in [0.1, 0.15) is 23.2 Å². The molecular weight excluding hydrogens is 281 g/mol. The van der Waals surface area contributed by atoms with Crippen molar-refractivity contribution >= 4 is 33.0 Å². The second-order valence-corrected chi connectivity index (χ2v) is 4.97. The van der Waals surface area contributed by atoms with Crippen molar-refractivity contribution < 1.29 is 18.0 Å². The molecule has 78 valence electrons. The summed E-state index contributed by atoms with van der Waals surface area (Å²) in [5.41, 5.74) is 0.339. The molecule has 0 fully saturated rings. The fourth-order valence-corrected chi connectivity index (χ4v) is 2.02. The Kier molecular flexibility index (Phi) is 3.71. The van der Waals surface area contributed by atoms with Crippen molar-refractivity contribution in [2.75, 3.05) is 0 Å². The third-order valence-electron chi connectivity index (χ3n) is 1.52. The maximum atomic E-state index is 11.8. The highest BCUT2D eigenvalue weighted by atomic mass is 79.9. The summed E-state index contributed by atoms with van der Waals surface area (Å²) < 4.78 is 36.1. The molecule has 0 aromatic carbocycles. The molecule has 0 saturated heterocycles. The Bertz CT molecular complexity index is 332. The lowest BCUT2D eigenvalue weighted by atomic mass is 10.1. The maximum absolute atomic E-state index is 11.8. The van der Waals surface area contributed by atoms with Gasteiger partial charge in [0.05, 0.1) is 10.2 Å². The molecule has 0 radical (unpaired) electrons. The van der Waals surface area contributed by atoms with Gasteiger partial charge in [-0.1, -0.05) is 0 Å². The zero-order chi connectivity index (χ0) is 10.8. The minimum Gasteiger partial charge on any atom is -0.294 e. The normalized spacial score (nSPS) is 11.7. The molecule has 1 rings (SSSR count). The summed E-state index contributed by atoms with van der Waals surface area (Å²) in [4.78, 5) is 11.2. The molecule has 0 atom stereocenters. The number of halogens is 4. The monoisotopic (exact) mass is 286 g/mol. The van der Waals surface area contributed by atoms with Crippen LogP contribution in [0.2, 0.25) is 0 Å². The first-order chi connectivity index (χ1) is 6.38. The van der Waals surface area contributed by atoms with Gasteiger partial charge in [-0.2, -0.15) is 13.2 Å². The average Bonchev–Trinajstić information content (AvgIpc) is 2.46. The van der Waals surface area contributed by atoms with Crippen molar-refractivity contribution in [1.82, 2.24) is 0 Å². The molecule has 0 amide bonds. The molecular formula is C8H6BrF3OS. The first kappa shape index (κ1) is 11.7. The van der Waals surface area contributed by atoms with Crippen LogP contribution in [0.5, 0.6) is 0 Å². The van der Waals surface area contributed by atoms with Gasteiger partial charge in [0.1, 0.15) is 0 Å². The molecule has 0 bridgehead atoms. The van der Waals surface area contributed by atoms with Crippen LogP contribution < -0.4 is 0 Å². The van der Waals surface area contributed by atoms with Gasteiger partial charge in [0, 0.05) is 17.4 Å². The van der Waals surface area contributed by atoms with Gasteiger partial charge in [-0.05, 0) is 22.0 Å². The largest absolute Gasteiger partial charge is 0.389 e. The molecule has 1 aromatic heterocycles. The second-order valence-electron chi connectivity index (χ2n) is 2.68. The van der Waals surface area contributed by atoms with Gasteiger partial charge in [-0.25, -0.2) is 0 Å². The van der Waals surface area contributed by atoms with Gasteiger partial charge >= 0.3 is 6.18 Å². The van der Waals surface area contributed by atoms with E-state index in [-0.39, 0.29) is 0 Å². The smallest absolute Gasteiger partial charge is 0.294 e. The van der Waals surface area contributed by atoms with Crippen LogP contribution in [-0.2, 0) is 0 Å². The van der Waals surface area contributed by atoms with E-state index in [9.17, 15) is 18.0 Å². The summed E-state index contributed by atoms with van der Waals surface area (Å²) in [7, 11) is 0. The third-order valence-corrected chi connectivity index (χ3v) is 3.03. The van der Waals surface area contributed by atoms with Crippen LogP contribution in [0.4, 0.5) is 13.2 Å². The van der Waals surface area contributed by atoms with E-state index in [4.69, 9.17) is 0 Å². The summed E-state index contributed by atoms with van der Waals surface area (Å²) in [6, 6.07) is 1.53. The van der Waals surface area contributed by atoms with Crippen LogP contribution in [0.15, 0.2) is 15.2 Å². The van der Waals surface area contributed by atoms with Crippen LogP contribution in [0, 0.1) is 0 Å². The fourth-order valence-electron chi connectivity index (χ4n) is 0.856. The minimum absolute atomic E-state index is 0.339. The van der Waals surface area contributed by atoms with Crippen LogP contribution in [0.3, 0.4) is 0 Å². The van der Waals surface area contributed by atoms with Crippen LogP contribution >= 0.6 is 27.3 Å². The van der Waals surface area contributed by atoms with Crippen molar-refractivity contribution in [3.63, 3.8) is 0 Å². The molecule has 6 heteroatoms. The SMILES string of the molecule is O=C(CCC(F)(F)F)c1csc(Br)c1. The van der Waals surface area contributed by atoms with Gasteiger partial charge in [-0.15, -0.1) is 11.3 Å². The van der Waals surface area contributed by atoms with Crippen molar-refractivity contribution in [3.05, 3.63) is 20.8 Å². The van der Waals surface area contributed by atoms with Gasteiger partial charge in [0.25, 0.3) is 0 Å². The molecule has 0 aliphatic rings. The Balaban J connectivity index is 2.52. The van der Waals surface area contributed by atoms with Gasteiger partial charge in [-0.3, -0.25) is 4.79 Å². The van der Waals surface area contributed by atoms with E-state index in [2.05, 4.69) is 15.9 Å². The molecule has 1 heterocycles. The molecule has 1 aromatic rings. The van der Waals surface area contributed by atoms with E-state index in [0.717, 1.165) is 3.79 Å². The Morgan fingerprint density at radius 1 is 1.50 bits per heavy atom. The highest BCUT2D eigenvalue weighted by Gasteiger charge is 2.28. The summed E-state index contributed by atoms with van der Waals surface area (Å²) in [6.07, 6.45) is -5.80. The van der Waals surface area contributed by atoms with E-state index in [1.165, 1.54) is 17.4 Å². The predicted octanol–water partition coefficient (Wildman–Crippen LogP) is 4.04. The predicted molar refractivity (Wildman–Crippen MR) is 51.6 cm³/mol. The minimum atomic E-state index is -4.26. The molecule has 0 saturated carbocycles. The summed E-state index contributed by atoms with van der Waals surface area (Å²) in [6.45, 7) is 0. The van der Waals surface area contributed by atoms with Crippen molar-refractivity contribution in [2.24, 2.45) is 0 Å². The second kappa shape index (κ2) is 4.44. The zero-order valence-electron chi connectivity index (χ0n) is 6.90. The molecule has 0 unspecified atom stereocenters. The molecule has 0 N–H and O–H groups in total. The first-order valence-electron chi connectivity index (χ1n) is 3.72. The Morgan fingerprint density at radius 3 is 2.57 bits per heavy atom. The summed E-state index contributed by atoms with van der Waals surface area (Å²) in [5.74, 6) is -0.468. The van der Waals surface area contributed by atoms with Crippen LogP contribution in [-0.4, -0.2) is 12.0 Å². The molecule has 14 heavy (non-hydrogen) atoms. The molecule has 0 spiro atoms. The average molecular weight is 287 g/mol. The zero-order valence-corrected chi connectivity index (χ0v) is 9.30. The summed E-state index contributed by atoms with van der Waals surface area (Å²) >= 11 is 4.42. The highest BCUT2D eigenvalue weighted by Crippen LogP contribution is 2.25. The van der Waals surface area contributed by atoms with Crippen molar-refractivity contribution in [2.45, 2.75) is 19.0 Å². The van der Waals surface area contributed by atoms with E-state index in [1.807, 2.05) is 0 Å². The number of rotatable bonds is 3. The molecule has 1 nitrogen and oxygen atoms in total. The van der Waals surface area contributed by atoms with Crippen molar-refractivity contribution in [3.8, 4) is 0 Å². The maximum Gasteiger partial charge on any atom is 0.389 e. The standard InChI is InChI=1S/C8H6BrF3OS/c9-7-3-5(4-14-7)6(13)1-2-8(10,11)12/h3-4H,1-2H2. The first-order valence-corrected chi connectivity index (χ1v) is 5.40. The number of hydrogen-bond donors (Lipinski definition) is 0. The number of ketones is 1. The quantitative estimate of drug-likeness (QED) is 0.767. The number of hydrogen-bond acceptors (Lipinski definition) is 2. The van der Waals surface area contributed by atoms with E-state index in [0.29, 0.717) is 5.56 Å².